The van der Waals surface area contributed by atoms with Gasteiger partial charge in [-0.3, -0.25) is 0 Å². The quantitative estimate of drug-likeness (QED) is 0.621. The highest BCUT2D eigenvalue weighted by Gasteiger charge is 2.21. The molecule has 86 valence electrons. The Hall–Kier alpha value is -1.56. The number of rotatable bonds is 0. The summed E-state index contributed by atoms with van der Waals surface area (Å²) in [5, 5.41) is 0. The number of fused-ring (bicyclic) bond motifs is 2. The minimum absolute atomic E-state index is 0.536. The fourth-order valence-corrected chi connectivity index (χ4v) is 2.93. The Morgan fingerprint density at radius 2 is 1.29 bits per heavy atom. The second-order valence-electron chi connectivity index (χ2n) is 5.30. The van der Waals surface area contributed by atoms with Crippen LogP contribution in [0.3, 0.4) is 0 Å². The summed E-state index contributed by atoms with van der Waals surface area (Å²) in [5.74, 6) is 0.536. The molecule has 0 bridgehead atoms. The molecule has 0 heterocycles. The van der Waals surface area contributed by atoms with Crippen LogP contribution in [0.4, 0.5) is 0 Å². The molecule has 2 aromatic rings. The largest absolute Gasteiger partial charge is 0.0590 e. The molecule has 0 N–H and O–H groups in total. The molecule has 3 rings (SSSR count). The van der Waals surface area contributed by atoms with Crippen LogP contribution in [-0.2, 0) is 6.42 Å². The maximum atomic E-state index is 2.35. The van der Waals surface area contributed by atoms with Crippen molar-refractivity contribution in [2.24, 2.45) is 0 Å². The highest BCUT2D eigenvalue weighted by Crippen LogP contribution is 2.36. The van der Waals surface area contributed by atoms with Gasteiger partial charge in [0.1, 0.15) is 0 Å². The molecule has 0 amide bonds. The van der Waals surface area contributed by atoms with Gasteiger partial charge in [-0.2, -0.15) is 0 Å². The van der Waals surface area contributed by atoms with Crippen molar-refractivity contribution < 1.29 is 0 Å². The second kappa shape index (κ2) is 3.73. The van der Waals surface area contributed by atoms with Crippen LogP contribution in [0.5, 0.6) is 0 Å². The van der Waals surface area contributed by atoms with E-state index < -0.39 is 0 Å². The Kier molecular flexibility index (Phi) is 2.32. The van der Waals surface area contributed by atoms with E-state index in [-0.39, 0.29) is 0 Å². The van der Waals surface area contributed by atoms with Crippen LogP contribution in [0, 0.1) is 13.8 Å². The third-order valence-corrected chi connectivity index (χ3v) is 3.92. The van der Waals surface area contributed by atoms with Gasteiger partial charge < -0.3 is 0 Å². The zero-order valence-electron chi connectivity index (χ0n) is 10.7. The van der Waals surface area contributed by atoms with Crippen LogP contribution >= 0.6 is 0 Å². The van der Waals surface area contributed by atoms with Crippen molar-refractivity contribution in [2.45, 2.75) is 33.1 Å². The molecule has 2 aromatic carbocycles. The molecule has 0 saturated carbocycles. The number of benzene rings is 2. The van der Waals surface area contributed by atoms with Gasteiger partial charge in [-0.1, -0.05) is 54.4 Å². The summed E-state index contributed by atoms with van der Waals surface area (Å²) in [5.41, 5.74) is 8.77. The smallest absolute Gasteiger partial charge is 0.00668 e. The molecular weight excluding hydrogens is 204 g/mol. The highest BCUT2D eigenvalue weighted by molar-refractivity contribution is 5.50. The van der Waals surface area contributed by atoms with E-state index in [1.807, 2.05) is 0 Å². The van der Waals surface area contributed by atoms with E-state index in [1.165, 1.54) is 33.4 Å². The molecule has 1 aliphatic rings. The Morgan fingerprint density at radius 1 is 0.824 bits per heavy atom. The Morgan fingerprint density at radius 3 is 1.76 bits per heavy atom. The molecule has 17 heavy (non-hydrogen) atoms. The lowest BCUT2D eigenvalue weighted by Gasteiger charge is -2.26. The fourth-order valence-electron chi connectivity index (χ4n) is 2.93. The Labute approximate surface area is 103 Å². The molecule has 0 unspecified atom stereocenters. The normalized spacial score (nSPS) is 14.3. The van der Waals surface area contributed by atoms with E-state index in [2.05, 4.69) is 57.2 Å². The summed E-state index contributed by atoms with van der Waals surface area (Å²) in [7, 11) is 0. The van der Waals surface area contributed by atoms with Crippen molar-refractivity contribution in [1.29, 1.82) is 0 Å². The molecule has 0 heteroatoms. The molecule has 0 spiro atoms. The van der Waals surface area contributed by atoms with E-state index in [4.69, 9.17) is 0 Å². The predicted octanol–water partition coefficient (Wildman–Crippen LogP) is 4.36. The van der Waals surface area contributed by atoms with E-state index in [1.54, 1.807) is 0 Å². The van der Waals surface area contributed by atoms with Gasteiger partial charge in [0.2, 0.25) is 0 Å². The Bertz CT molecular complexity index is 527. The average molecular weight is 222 g/mol. The molecular formula is C17H18. The topological polar surface area (TPSA) is 0 Å². The van der Waals surface area contributed by atoms with Gasteiger partial charge in [-0.15, -0.1) is 0 Å². The van der Waals surface area contributed by atoms with Gasteiger partial charge in [-0.05, 0) is 42.5 Å². The SMILES string of the molecule is Cc1ccc2c(c1)C(C)c1cc(C)ccc1C2. The average Bonchev–Trinajstić information content (AvgIpc) is 2.32. The summed E-state index contributed by atoms with van der Waals surface area (Å²) in [6.07, 6.45) is 1.09. The lowest BCUT2D eigenvalue weighted by Crippen LogP contribution is -2.11. The van der Waals surface area contributed by atoms with Gasteiger partial charge in [0.25, 0.3) is 0 Å². The van der Waals surface area contributed by atoms with Crippen molar-refractivity contribution in [3.63, 3.8) is 0 Å². The van der Waals surface area contributed by atoms with Crippen LogP contribution in [-0.4, -0.2) is 0 Å². The highest BCUT2D eigenvalue weighted by atomic mass is 14.3. The number of hydrogen-bond acceptors (Lipinski definition) is 0. The first-order valence-electron chi connectivity index (χ1n) is 6.34. The third kappa shape index (κ3) is 1.68. The van der Waals surface area contributed by atoms with Gasteiger partial charge in [-0.25, -0.2) is 0 Å². The monoisotopic (exact) mass is 222 g/mol. The minimum Gasteiger partial charge on any atom is -0.0590 e. The molecule has 1 aliphatic carbocycles. The van der Waals surface area contributed by atoms with Crippen LogP contribution < -0.4 is 0 Å². The summed E-state index contributed by atoms with van der Waals surface area (Å²) in [4.78, 5) is 0. The predicted molar refractivity (Wildman–Crippen MR) is 72.7 cm³/mol. The molecule has 0 aromatic heterocycles. The van der Waals surface area contributed by atoms with Gasteiger partial charge in [0, 0.05) is 5.92 Å². The standard InChI is InChI=1S/C17H18/c1-11-4-6-14-10-15-7-5-12(2)9-17(15)13(3)16(14)8-11/h4-9,13H,10H2,1-3H3. The summed E-state index contributed by atoms with van der Waals surface area (Å²) >= 11 is 0. The lowest BCUT2D eigenvalue weighted by atomic mass is 9.78. The van der Waals surface area contributed by atoms with Gasteiger partial charge >= 0.3 is 0 Å². The van der Waals surface area contributed by atoms with Crippen molar-refractivity contribution in [1.82, 2.24) is 0 Å². The first kappa shape index (κ1) is 10.6. The third-order valence-electron chi connectivity index (χ3n) is 3.92. The Balaban J connectivity index is 2.18. The first-order chi connectivity index (χ1) is 8.15. The van der Waals surface area contributed by atoms with Crippen molar-refractivity contribution in [3.05, 3.63) is 69.8 Å². The zero-order valence-corrected chi connectivity index (χ0v) is 10.7. The second-order valence-corrected chi connectivity index (χ2v) is 5.30. The molecule has 0 fully saturated rings. The molecule has 0 nitrogen and oxygen atoms in total. The van der Waals surface area contributed by atoms with Crippen molar-refractivity contribution >= 4 is 0 Å². The van der Waals surface area contributed by atoms with E-state index >= 15 is 0 Å². The van der Waals surface area contributed by atoms with Crippen LogP contribution in [0.2, 0.25) is 0 Å². The van der Waals surface area contributed by atoms with Crippen LogP contribution in [0.25, 0.3) is 0 Å². The van der Waals surface area contributed by atoms with Gasteiger partial charge in [0.05, 0.1) is 0 Å². The molecule has 0 aliphatic heterocycles. The first-order valence-corrected chi connectivity index (χ1v) is 6.34. The molecule has 0 saturated heterocycles. The van der Waals surface area contributed by atoms with Crippen molar-refractivity contribution in [3.8, 4) is 0 Å². The zero-order chi connectivity index (χ0) is 12.0. The van der Waals surface area contributed by atoms with E-state index in [0.717, 1.165) is 6.42 Å². The van der Waals surface area contributed by atoms with E-state index in [0.29, 0.717) is 5.92 Å². The van der Waals surface area contributed by atoms with Crippen molar-refractivity contribution in [2.75, 3.05) is 0 Å². The van der Waals surface area contributed by atoms with Crippen LogP contribution in [0.1, 0.15) is 46.2 Å². The lowest BCUT2D eigenvalue weighted by molar-refractivity contribution is 0.841. The summed E-state index contributed by atoms with van der Waals surface area (Å²) in [6, 6.07) is 13.7. The summed E-state index contributed by atoms with van der Waals surface area (Å²) < 4.78 is 0. The minimum atomic E-state index is 0.536. The fraction of sp³-hybridized carbons (Fsp3) is 0.294. The summed E-state index contributed by atoms with van der Waals surface area (Å²) in [6.45, 7) is 6.69. The maximum Gasteiger partial charge on any atom is 0.00668 e. The molecule has 0 radical (unpaired) electrons. The number of hydrogen-bond donors (Lipinski definition) is 0. The maximum absolute atomic E-state index is 2.35. The number of aryl methyl sites for hydroxylation is 2. The molecule has 0 atom stereocenters. The van der Waals surface area contributed by atoms with E-state index in [9.17, 15) is 0 Å². The van der Waals surface area contributed by atoms with Gasteiger partial charge in [0.15, 0.2) is 0 Å². The van der Waals surface area contributed by atoms with Crippen LogP contribution in [0.15, 0.2) is 36.4 Å².